The van der Waals surface area contributed by atoms with Crippen molar-refractivity contribution in [1.82, 2.24) is 0 Å². The predicted octanol–water partition coefficient (Wildman–Crippen LogP) is 2.65. The average Bonchev–Trinajstić information content (AvgIpc) is 2.17. The van der Waals surface area contributed by atoms with Crippen LogP contribution in [-0.4, -0.2) is 17.8 Å². The van der Waals surface area contributed by atoms with Crippen molar-refractivity contribution in [3.63, 3.8) is 0 Å². The second kappa shape index (κ2) is 5.82. The van der Waals surface area contributed by atoms with Gasteiger partial charge in [-0.25, -0.2) is 0 Å². The molecule has 80 valence electrons. The van der Waals surface area contributed by atoms with Gasteiger partial charge in [0.2, 0.25) is 0 Å². The lowest BCUT2D eigenvalue weighted by molar-refractivity contribution is 0.111. The minimum absolute atomic E-state index is 0.0329. The third-order valence-electron chi connectivity index (χ3n) is 1.65. The van der Waals surface area contributed by atoms with Crippen LogP contribution in [0.3, 0.4) is 0 Å². The highest BCUT2D eigenvalue weighted by atomic mass is 35.5. The molecule has 1 atom stereocenters. The maximum absolute atomic E-state index is 9.24. The molecule has 0 saturated carbocycles. The number of nitriles is 1. The molecule has 0 radical (unpaired) electrons. The second-order valence-corrected chi connectivity index (χ2v) is 3.75. The number of ether oxygens (including phenoxy) is 1. The highest BCUT2D eigenvalue weighted by molar-refractivity contribution is 6.35. The predicted molar refractivity (Wildman–Crippen MR) is 58.2 cm³/mol. The average molecular weight is 246 g/mol. The Morgan fingerprint density at radius 3 is 2.80 bits per heavy atom. The van der Waals surface area contributed by atoms with E-state index in [0.29, 0.717) is 15.8 Å². The minimum Gasteiger partial charge on any atom is -0.489 e. The van der Waals surface area contributed by atoms with Crippen LogP contribution in [0.1, 0.15) is 6.42 Å². The van der Waals surface area contributed by atoms with Gasteiger partial charge in [-0.2, -0.15) is 5.26 Å². The first-order chi connectivity index (χ1) is 7.13. The molecule has 0 aromatic heterocycles. The Morgan fingerprint density at radius 2 is 2.20 bits per heavy atom. The summed E-state index contributed by atoms with van der Waals surface area (Å²) in [5.74, 6) is 0.443. The van der Waals surface area contributed by atoms with Gasteiger partial charge in [0, 0.05) is 5.02 Å². The van der Waals surface area contributed by atoms with E-state index in [1.165, 1.54) is 0 Å². The topological polar surface area (TPSA) is 53.2 Å². The van der Waals surface area contributed by atoms with Gasteiger partial charge in [0.15, 0.2) is 0 Å². The van der Waals surface area contributed by atoms with E-state index in [4.69, 9.17) is 33.2 Å². The van der Waals surface area contributed by atoms with E-state index in [1.807, 2.05) is 6.07 Å². The van der Waals surface area contributed by atoms with Crippen LogP contribution in [0, 0.1) is 11.3 Å². The van der Waals surface area contributed by atoms with Gasteiger partial charge >= 0.3 is 0 Å². The zero-order chi connectivity index (χ0) is 11.3. The number of nitrogens with zero attached hydrogens (tertiary/aromatic N) is 1. The van der Waals surface area contributed by atoms with Crippen molar-refractivity contribution in [1.29, 1.82) is 5.26 Å². The molecular weight excluding hydrogens is 237 g/mol. The van der Waals surface area contributed by atoms with Crippen LogP contribution in [0.5, 0.6) is 5.75 Å². The molecule has 5 heteroatoms. The summed E-state index contributed by atoms with van der Waals surface area (Å²) in [5, 5.41) is 18.5. The van der Waals surface area contributed by atoms with Gasteiger partial charge in [0.1, 0.15) is 18.5 Å². The van der Waals surface area contributed by atoms with E-state index in [2.05, 4.69) is 0 Å². The fourth-order valence-corrected chi connectivity index (χ4v) is 1.41. The van der Waals surface area contributed by atoms with Crippen molar-refractivity contribution < 1.29 is 9.84 Å². The van der Waals surface area contributed by atoms with Crippen molar-refractivity contribution in [2.45, 2.75) is 12.5 Å². The Kier molecular flexibility index (Phi) is 4.70. The quantitative estimate of drug-likeness (QED) is 0.888. The molecule has 0 spiro atoms. The van der Waals surface area contributed by atoms with Gasteiger partial charge < -0.3 is 9.84 Å². The summed E-state index contributed by atoms with van der Waals surface area (Å²) in [6.07, 6.45) is -0.771. The third kappa shape index (κ3) is 3.96. The minimum atomic E-state index is -0.804. The first-order valence-corrected chi connectivity index (χ1v) is 5.02. The lowest BCUT2D eigenvalue weighted by Crippen LogP contribution is -2.16. The maximum Gasteiger partial charge on any atom is 0.138 e. The third-order valence-corrected chi connectivity index (χ3v) is 2.18. The number of aliphatic hydroxyl groups excluding tert-OH is 1. The van der Waals surface area contributed by atoms with Crippen molar-refractivity contribution >= 4 is 23.2 Å². The van der Waals surface area contributed by atoms with Crippen LogP contribution in [-0.2, 0) is 0 Å². The fraction of sp³-hybridized carbons (Fsp3) is 0.300. The highest BCUT2D eigenvalue weighted by Crippen LogP contribution is 2.27. The van der Waals surface area contributed by atoms with E-state index < -0.39 is 6.10 Å². The number of rotatable bonds is 4. The fourth-order valence-electron chi connectivity index (χ4n) is 0.943. The molecule has 1 unspecified atom stereocenters. The number of aliphatic hydroxyl groups is 1. The Labute approximate surface area is 97.8 Å². The standard InChI is InChI=1S/C10H9Cl2NO2/c11-7-1-2-10(9(12)5-7)15-6-8(14)3-4-13/h1-2,5,8,14H,3,6H2. The van der Waals surface area contributed by atoms with E-state index in [1.54, 1.807) is 18.2 Å². The van der Waals surface area contributed by atoms with Crippen LogP contribution in [0.15, 0.2) is 18.2 Å². The summed E-state index contributed by atoms with van der Waals surface area (Å²) in [5.41, 5.74) is 0. The normalized spacial score (nSPS) is 11.9. The van der Waals surface area contributed by atoms with Crippen LogP contribution in [0.2, 0.25) is 10.0 Å². The van der Waals surface area contributed by atoms with Gasteiger partial charge in [-0.15, -0.1) is 0 Å². The molecule has 1 aromatic rings. The molecule has 0 aliphatic carbocycles. The Balaban J connectivity index is 2.55. The molecule has 0 amide bonds. The van der Waals surface area contributed by atoms with Gasteiger partial charge in [-0.05, 0) is 18.2 Å². The van der Waals surface area contributed by atoms with E-state index in [0.717, 1.165) is 0 Å². The van der Waals surface area contributed by atoms with Crippen molar-refractivity contribution in [3.05, 3.63) is 28.2 Å². The molecule has 0 heterocycles. The van der Waals surface area contributed by atoms with Gasteiger partial charge in [-0.1, -0.05) is 23.2 Å². The Hall–Kier alpha value is -0.950. The smallest absolute Gasteiger partial charge is 0.138 e. The molecule has 0 aliphatic rings. The van der Waals surface area contributed by atoms with Gasteiger partial charge in [0.05, 0.1) is 17.5 Å². The molecule has 1 N–H and O–H groups in total. The largest absolute Gasteiger partial charge is 0.489 e. The zero-order valence-corrected chi connectivity index (χ0v) is 9.29. The van der Waals surface area contributed by atoms with Crippen LogP contribution < -0.4 is 4.74 Å². The molecule has 1 aromatic carbocycles. The van der Waals surface area contributed by atoms with Gasteiger partial charge in [0.25, 0.3) is 0 Å². The van der Waals surface area contributed by atoms with Crippen LogP contribution in [0.25, 0.3) is 0 Å². The molecule has 0 bridgehead atoms. The van der Waals surface area contributed by atoms with E-state index in [9.17, 15) is 5.11 Å². The molecule has 0 saturated heterocycles. The number of benzene rings is 1. The summed E-state index contributed by atoms with van der Waals surface area (Å²) >= 11 is 11.5. The molecule has 15 heavy (non-hydrogen) atoms. The lowest BCUT2D eigenvalue weighted by Gasteiger charge is -2.10. The maximum atomic E-state index is 9.24. The van der Waals surface area contributed by atoms with E-state index in [-0.39, 0.29) is 13.0 Å². The summed E-state index contributed by atoms with van der Waals surface area (Å²) in [6, 6.07) is 6.65. The monoisotopic (exact) mass is 245 g/mol. The first kappa shape index (κ1) is 12.1. The van der Waals surface area contributed by atoms with Crippen molar-refractivity contribution in [2.75, 3.05) is 6.61 Å². The SMILES string of the molecule is N#CCC(O)COc1ccc(Cl)cc1Cl. The number of hydrogen-bond acceptors (Lipinski definition) is 3. The summed E-state index contributed by atoms with van der Waals surface area (Å²) in [7, 11) is 0. The summed E-state index contributed by atoms with van der Waals surface area (Å²) in [4.78, 5) is 0. The molecule has 0 fully saturated rings. The van der Waals surface area contributed by atoms with Crippen LogP contribution >= 0.6 is 23.2 Å². The second-order valence-electron chi connectivity index (χ2n) is 2.90. The van der Waals surface area contributed by atoms with Crippen LogP contribution in [0.4, 0.5) is 0 Å². The van der Waals surface area contributed by atoms with E-state index >= 15 is 0 Å². The zero-order valence-electron chi connectivity index (χ0n) is 7.78. The van der Waals surface area contributed by atoms with Crippen molar-refractivity contribution in [3.8, 4) is 11.8 Å². The van der Waals surface area contributed by atoms with Gasteiger partial charge in [-0.3, -0.25) is 0 Å². The summed E-state index contributed by atoms with van der Waals surface area (Å²) < 4.78 is 5.21. The molecular formula is C10H9Cl2NO2. The molecule has 3 nitrogen and oxygen atoms in total. The number of hydrogen-bond donors (Lipinski definition) is 1. The highest BCUT2D eigenvalue weighted by Gasteiger charge is 2.07. The van der Waals surface area contributed by atoms with Crippen molar-refractivity contribution in [2.24, 2.45) is 0 Å². The molecule has 1 rings (SSSR count). The Morgan fingerprint density at radius 1 is 1.47 bits per heavy atom. The Bertz CT molecular complexity index is 376. The molecule has 0 aliphatic heterocycles. The lowest BCUT2D eigenvalue weighted by atomic mass is 10.3. The first-order valence-electron chi connectivity index (χ1n) is 4.26. The number of halogens is 2. The summed E-state index contributed by atoms with van der Waals surface area (Å²) in [6.45, 7) is 0.0366.